The quantitative estimate of drug-likeness (QED) is 0.561. The predicted molar refractivity (Wildman–Crippen MR) is 70.0 cm³/mol. The second kappa shape index (κ2) is 5.92. The van der Waals surface area contributed by atoms with Crippen LogP contribution in [0.1, 0.15) is 5.56 Å². The van der Waals surface area contributed by atoms with Crippen LogP contribution in [0, 0.1) is 5.53 Å². The minimum Gasteiger partial charge on any atom is -0.372 e. The summed E-state index contributed by atoms with van der Waals surface area (Å²) in [6.45, 7) is 0. The summed E-state index contributed by atoms with van der Waals surface area (Å²) in [6.07, 6.45) is 0.350. The molecule has 0 amide bonds. The highest BCUT2D eigenvalue weighted by Gasteiger charge is 2.19. The Labute approximate surface area is 110 Å². The van der Waals surface area contributed by atoms with Gasteiger partial charge in [0.05, 0.1) is 0 Å². The van der Waals surface area contributed by atoms with Gasteiger partial charge in [-0.05, 0) is 16.3 Å². The second-order valence-electron chi connectivity index (χ2n) is 4.12. The highest BCUT2D eigenvalue weighted by Crippen LogP contribution is 2.16. The molecule has 0 radical (unpaired) electrons. The Balaban J connectivity index is 2.23. The first-order chi connectivity index (χ1) is 9.24. The zero-order chi connectivity index (χ0) is 13.7. The Kier molecular flexibility index (Phi) is 4.04. The maximum atomic E-state index is 11.4. The summed E-state index contributed by atoms with van der Waals surface area (Å²) in [4.78, 5) is 15.6. The number of nitrogens with zero attached hydrogens (tertiary/aromatic N) is 1. The fourth-order valence-electron chi connectivity index (χ4n) is 1.94. The molecule has 2 rings (SSSR count). The van der Waals surface area contributed by atoms with Crippen molar-refractivity contribution in [2.75, 3.05) is 0 Å². The predicted octanol–water partition coefficient (Wildman–Crippen LogP) is 1.70. The normalized spacial score (nSPS) is 11.8. The van der Waals surface area contributed by atoms with Gasteiger partial charge in [-0.3, -0.25) is 5.43 Å². The molecule has 0 aliphatic heterocycles. The van der Waals surface area contributed by atoms with Crippen molar-refractivity contribution < 1.29 is 9.63 Å². The number of fused-ring (bicyclic) bond motifs is 1. The van der Waals surface area contributed by atoms with Gasteiger partial charge in [-0.2, -0.15) is 11.4 Å². The van der Waals surface area contributed by atoms with Crippen molar-refractivity contribution >= 4 is 16.7 Å². The van der Waals surface area contributed by atoms with Crippen LogP contribution in [0.15, 0.2) is 47.7 Å². The van der Waals surface area contributed by atoms with E-state index in [4.69, 9.17) is 11.4 Å². The van der Waals surface area contributed by atoms with Crippen molar-refractivity contribution in [3.05, 3.63) is 48.0 Å². The van der Waals surface area contributed by atoms with E-state index in [0.717, 1.165) is 16.3 Å². The molecule has 1 atom stereocenters. The summed E-state index contributed by atoms with van der Waals surface area (Å²) < 4.78 is 0. The summed E-state index contributed by atoms with van der Waals surface area (Å²) in [7, 11) is 0. The minimum absolute atomic E-state index is 0.350. The monoisotopic (exact) mass is 258 g/mol. The number of benzene rings is 2. The summed E-state index contributed by atoms with van der Waals surface area (Å²) >= 11 is 0. The van der Waals surface area contributed by atoms with Crippen LogP contribution in [-0.4, -0.2) is 12.0 Å². The first-order valence-corrected chi connectivity index (χ1v) is 5.75. The van der Waals surface area contributed by atoms with Gasteiger partial charge in [0.25, 0.3) is 0 Å². The van der Waals surface area contributed by atoms with Crippen LogP contribution < -0.4 is 11.3 Å². The fraction of sp³-hybridized carbons (Fsp3) is 0.154. The van der Waals surface area contributed by atoms with E-state index in [1.54, 1.807) is 0 Å². The molecule has 0 fully saturated rings. The molecule has 0 aliphatic carbocycles. The Hall–Kier alpha value is -2.47. The van der Waals surface area contributed by atoms with E-state index in [2.05, 4.69) is 15.5 Å². The number of nitrogens with one attached hydrogen (secondary N) is 2. The first kappa shape index (κ1) is 13.0. The molecule has 0 saturated carbocycles. The van der Waals surface area contributed by atoms with E-state index in [9.17, 15) is 4.79 Å². The van der Waals surface area contributed by atoms with E-state index in [1.165, 1.54) is 0 Å². The Morgan fingerprint density at radius 1 is 1.32 bits per heavy atom. The molecule has 0 unspecified atom stereocenters. The van der Waals surface area contributed by atoms with Crippen molar-refractivity contribution in [2.45, 2.75) is 12.5 Å². The van der Waals surface area contributed by atoms with Gasteiger partial charge in [0.2, 0.25) is 0 Å². The van der Waals surface area contributed by atoms with Crippen LogP contribution in [0.5, 0.6) is 0 Å². The van der Waals surface area contributed by atoms with Crippen LogP contribution in [0.2, 0.25) is 0 Å². The maximum Gasteiger partial charge on any atom is 0.349 e. The molecule has 6 nitrogen and oxygen atoms in total. The van der Waals surface area contributed by atoms with Crippen molar-refractivity contribution in [1.82, 2.24) is 5.43 Å². The van der Waals surface area contributed by atoms with E-state index in [0.29, 0.717) is 6.42 Å². The van der Waals surface area contributed by atoms with Crippen LogP contribution in [0.3, 0.4) is 0 Å². The highest BCUT2D eigenvalue weighted by molar-refractivity contribution is 5.83. The maximum absolute atomic E-state index is 11.4. The van der Waals surface area contributed by atoms with Gasteiger partial charge in [0, 0.05) is 6.42 Å². The SMILES string of the molecule is N=NN[C@@H](Cc1ccc2ccccc2c1)C(=O)ON. The third-order valence-electron chi connectivity index (χ3n) is 2.87. The third-order valence-corrected chi connectivity index (χ3v) is 2.87. The number of hydrogen-bond donors (Lipinski definition) is 3. The van der Waals surface area contributed by atoms with Crippen molar-refractivity contribution in [1.29, 1.82) is 5.53 Å². The minimum atomic E-state index is -0.760. The largest absolute Gasteiger partial charge is 0.372 e. The molecular weight excluding hydrogens is 244 g/mol. The fourth-order valence-corrected chi connectivity index (χ4v) is 1.94. The molecule has 0 aromatic heterocycles. The zero-order valence-corrected chi connectivity index (χ0v) is 10.2. The Morgan fingerprint density at radius 3 is 2.74 bits per heavy atom. The van der Waals surface area contributed by atoms with Crippen LogP contribution in [0.4, 0.5) is 0 Å². The highest BCUT2D eigenvalue weighted by atomic mass is 16.7. The molecule has 4 N–H and O–H groups in total. The van der Waals surface area contributed by atoms with Crippen molar-refractivity contribution in [2.24, 2.45) is 11.1 Å². The zero-order valence-electron chi connectivity index (χ0n) is 10.2. The lowest BCUT2D eigenvalue weighted by atomic mass is 10.0. The molecule has 2 aromatic carbocycles. The molecule has 2 aromatic rings. The molecular formula is C13H14N4O2. The van der Waals surface area contributed by atoms with Gasteiger partial charge in [0.1, 0.15) is 6.04 Å². The average molecular weight is 258 g/mol. The van der Waals surface area contributed by atoms with Gasteiger partial charge in [-0.1, -0.05) is 47.7 Å². The van der Waals surface area contributed by atoms with Crippen LogP contribution >= 0.6 is 0 Å². The Bertz CT molecular complexity index is 600. The van der Waals surface area contributed by atoms with Crippen LogP contribution in [-0.2, 0) is 16.1 Å². The number of nitrogens with two attached hydrogens (primary N) is 1. The third kappa shape index (κ3) is 3.05. The second-order valence-corrected chi connectivity index (χ2v) is 4.12. The number of carbonyl (C=O) groups is 1. The molecule has 0 spiro atoms. The van der Waals surface area contributed by atoms with Gasteiger partial charge in [-0.25, -0.2) is 4.79 Å². The molecule has 98 valence electrons. The molecule has 0 saturated heterocycles. The summed E-state index contributed by atoms with van der Waals surface area (Å²) in [5.41, 5.74) is 10.1. The van der Waals surface area contributed by atoms with Gasteiger partial charge < -0.3 is 4.84 Å². The van der Waals surface area contributed by atoms with Crippen molar-refractivity contribution in [3.63, 3.8) is 0 Å². The van der Waals surface area contributed by atoms with Crippen LogP contribution in [0.25, 0.3) is 10.8 Å². The smallest absolute Gasteiger partial charge is 0.349 e. The molecule has 19 heavy (non-hydrogen) atoms. The van der Waals surface area contributed by atoms with E-state index < -0.39 is 12.0 Å². The molecule has 6 heteroatoms. The number of rotatable bonds is 5. The topological polar surface area (TPSA) is 101 Å². The molecule has 0 aliphatic rings. The lowest BCUT2D eigenvalue weighted by molar-refractivity contribution is -0.146. The Morgan fingerprint density at radius 2 is 2.05 bits per heavy atom. The number of hydrogen-bond acceptors (Lipinski definition) is 5. The molecule has 0 bridgehead atoms. The lowest BCUT2D eigenvalue weighted by Gasteiger charge is -2.13. The average Bonchev–Trinajstić information content (AvgIpc) is 2.46. The first-order valence-electron chi connectivity index (χ1n) is 5.75. The summed E-state index contributed by atoms with van der Waals surface area (Å²) in [5, 5.41) is 5.22. The van der Waals surface area contributed by atoms with Crippen molar-refractivity contribution in [3.8, 4) is 0 Å². The van der Waals surface area contributed by atoms with E-state index in [1.807, 2.05) is 42.5 Å². The standard InChI is InChI=1S/C13H14N4O2/c14-17-16-12(13(18)19-15)8-9-5-6-10-3-1-2-4-11(10)7-9/h1-7,12H,8,15H2,(H2,14,16)/t12-/m0/s1. The summed E-state index contributed by atoms with van der Waals surface area (Å²) in [5.74, 6) is 4.21. The van der Waals surface area contributed by atoms with E-state index in [-0.39, 0.29) is 0 Å². The van der Waals surface area contributed by atoms with Gasteiger partial charge in [0.15, 0.2) is 0 Å². The summed E-state index contributed by atoms with van der Waals surface area (Å²) in [6, 6.07) is 13.1. The van der Waals surface area contributed by atoms with E-state index >= 15 is 0 Å². The van der Waals surface area contributed by atoms with Gasteiger partial charge in [-0.15, -0.1) is 0 Å². The number of carbonyl (C=O) groups excluding carboxylic acids is 1. The van der Waals surface area contributed by atoms with Gasteiger partial charge >= 0.3 is 5.97 Å². The molecule has 0 heterocycles. The lowest BCUT2D eigenvalue weighted by Crippen LogP contribution is -2.37.